The molecule has 0 unspecified atom stereocenters. The maximum atomic E-state index is 11.5. The first-order valence-corrected chi connectivity index (χ1v) is 7.42. The molecule has 2 aromatic heterocycles. The summed E-state index contributed by atoms with van der Waals surface area (Å²) in [6, 6.07) is 8.04. The van der Waals surface area contributed by atoms with Crippen LogP contribution in [0, 0.1) is 6.92 Å². The Labute approximate surface area is 123 Å². The highest BCUT2D eigenvalue weighted by molar-refractivity contribution is 9.10. The van der Waals surface area contributed by atoms with Crippen LogP contribution in [0.1, 0.15) is 22.3 Å². The number of benzene rings is 1. The highest BCUT2D eigenvalue weighted by Crippen LogP contribution is 2.27. The minimum absolute atomic E-state index is 0.0955. The van der Waals surface area contributed by atoms with E-state index in [-0.39, 0.29) is 5.78 Å². The fourth-order valence-corrected chi connectivity index (χ4v) is 3.31. The normalized spacial score (nSPS) is 11.1. The van der Waals surface area contributed by atoms with Crippen LogP contribution >= 0.6 is 27.3 Å². The number of hydrogen-bond donors (Lipinski definition) is 0. The van der Waals surface area contributed by atoms with Crippen LogP contribution in [-0.4, -0.2) is 15.2 Å². The first kappa shape index (κ1) is 12.6. The van der Waals surface area contributed by atoms with Crippen LogP contribution in [0.2, 0.25) is 0 Å². The van der Waals surface area contributed by atoms with Gasteiger partial charge in [0.05, 0.1) is 10.6 Å². The molecular formula is C14H11BrN2OS. The Hall–Kier alpha value is -1.46. The van der Waals surface area contributed by atoms with Crippen molar-refractivity contribution in [3.8, 4) is 11.3 Å². The Kier molecular flexibility index (Phi) is 3.03. The number of carbonyl (C=O) groups is 1. The molecule has 96 valence electrons. The number of carbonyl (C=O) groups excluding carboxylic acids is 1. The number of imidazole rings is 1. The summed E-state index contributed by atoms with van der Waals surface area (Å²) in [5.74, 6) is 0.0955. The van der Waals surface area contributed by atoms with E-state index in [2.05, 4.69) is 20.9 Å². The van der Waals surface area contributed by atoms with Gasteiger partial charge in [-0.1, -0.05) is 39.4 Å². The zero-order chi connectivity index (χ0) is 13.6. The van der Waals surface area contributed by atoms with Crippen molar-refractivity contribution in [2.45, 2.75) is 13.8 Å². The van der Waals surface area contributed by atoms with Crippen molar-refractivity contribution < 1.29 is 4.79 Å². The predicted molar refractivity (Wildman–Crippen MR) is 80.9 cm³/mol. The van der Waals surface area contributed by atoms with Gasteiger partial charge in [0.1, 0.15) is 0 Å². The number of halogens is 1. The number of rotatable bonds is 2. The van der Waals surface area contributed by atoms with Gasteiger partial charge in [0.15, 0.2) is 10.7 Å². The molecule has 0 radical (unpaired) electrons. The van der Waals surface area contributed by atoms with Crippen LogP contribution in [0.25, 0.3) is 16.2 Å². The van der Waals surface area contributed by atoms with Gasteiger partial charge in [-0.2, -0.15) is 0 Å². The molecular weight excluding hydrogens is 324 g/mol. The highest BCUT2D eigenvalue weighted by Gasteiger charge is 2.15. The van der Waals surface area contributed by atoms with Crippen LogP contribution in [0.5, 0.6) is 0 Å². The van der Waals surface area contributed by atoms with Gasteiger partial charge in [-0.15, -0.1) is 0 Å². The van der Waals surface area contributed by atoms with Gasteiger partial charge >= 0.3 is 0 Å². The van der Waals surface area contributed by atoms with E-state index in [4.69, 9.17) is 0 Å². The maximum absolute atomic E-state index is 11.5. The average Bonchev–Trinajstić information content (AvgIpc) is 2.90. The molecule has 2 heterocycles. The lowest BCUT2D eigenvalue weighted by atomic mass is 10.2. The second-order valence-corrected chi connectivity index (χ2v) is 6.25. The van der Waals surface area contributed by atoms with Crippen molar-refractivity contribution >= 4 is 38.0 Å². The third-order valence-corrected chi connectivity index (χ3v) is 4.80. The second-order valence-electron chi connectivity index (χ2n) is 4.36. The van der Waals surface area contributed by atoms with E-state index < -0.39 is 0 Å². The number of fused-ring (bicyclic) bond motifs is 1. The lowest BCUT2D eigenvalue weighted by Crippen LogP contribution is -1.92. The first-order chi connectivity index (χ1) is 9.06. The molecule has 1 aromatic carbocycles. The van der Waals surface area contributed by atoms with Crippen LogP contribution in [0.4, 0.5) is 0 Å². The lowest BCUT2D eigenvalue weighted by Gasteiger charge is -1.96. The number of hydrogen-bond acceptors (Lipinski definition) is 3. The van der Waals surface area contributed by atoms with Crippen molar-refractivity contribution in [2.24, 2.45) is 0 Å². The van der Waals surface area contributed by atoms with E-state index >= 15 is 0 Å². The minimum Gasteiger partial charge on any atom is -0.294 e. The van der Waals surface area contributed by atoms with E-state index in [1.54, 1.807) is 6.92 Å². The molecule has 0 saturated heterocycles. The zero-order valence-corrected chi connectivity index (χ0v) is 12.9. The Morgan fingerprint density at radius 2 is 2.00 bits per heavy atom. The third-order valence-electron chi connectivity index (χ3n) is 3.02. The Morgan fingerprint density at radius 3 is 2.58 bits per heavy atom. The molecule has 0 N–H and O–H groups in total. The van der Waals surface area contributed by atoms with Gasteiger partial charge in [0.25, 0.3) is 0 Å². The van der Waals surface area contributed by atoms with Gasteiger partial charge < -0.3 is 0 Å². The van der Waals surface area contributed by atoms with Crippen LogP contribution in [0.3, 0.4) is 0 Å². The number of ketones is 1. The topological polar surface area (TPSA) is 34.4 Å². The molecule has 3 aromatic rings. The van der Waals surface area contributed by atoms with Crippen molar-refractivity contribution in [3.63, 3.8) is 0 Å². The largest absolute Gasteiger partial charge is 0.294 e. The van der Waals surface area contributed by atoms with E-state index in [1.165, 1.54) is 11.3 Å². The molecule has 0 atom stereocenters. The third kappa shape index (κ3) is 2.13. The number of nitrogens with zero attached hydrogens (tertiary/aromatic N) is 2. The molecule has 5 heteroatoms. The summed E-state index contributed by atoms with van der Waals surface area (Å²) < 4.78 is 3.03. The summed E-state index contributed by atoms with van der Waals surface area (Å²) in [6.45, 7) is 3.54. The van der Waals surface area contributed by atoms with Crippen molar-refractivity contribution in [1.82, 2.24) is 9.38 Å². The number of thiazole rings is 1. The van der Waals surface area contributed by atoms with Crippen LogP contribution < -0.4 is 0 Å². The standard InChI is InChI=1S/C14H11BrN2OS/c1-8-13(9(2)18)19-14-16-12(7-17(8)14)10-3-5-11(15)6-4-10/h3-7H,1-2H3. The van der Waals surface area contributed by atoms with Crippen molar-refractivity contribution in [3.05, 3.63) is 45.5 Å². The molecule has 0 aliphatic rings. The smallest absolute Gasteiger partial charge is 0.195 e. The summed E-state index contributed by atoms with van der Waals surface area (Å²) in [7, 11) is 0. The van der Waals surface area contributed by atoms with E-state index in [1.807, 2.05) is 41.8 Å². The van der Waals surface area contributed by atoms with Crippen LogP contribution in [0.15, 0.2) is 34.9 Å². The molecule has 0 fully saturated rings. The maximum Gasteiger partial charge on any atom is 0.195 e. The molecule has 19 heavy (non-hydrogen) atoms. The Balaban J connectivity index is 2.13. The van der Waals surface area contributed by atoms with Gasteiger partial charge in [0, 0.05) is 28.9 Å². The Morgan fingerprint density at radius 1 is 1.32 bits per heavy atom. The molecule has 0 aliphatic heterocycles. The summed E-state index contributed by atoms with van der Waals surface area (Å²) in [5.41, 5.74) is 2.96. The average molecular weight is 335 g/mol. The van der Waals surface area contributed by atoms with Gasteiger partial charge in [-0.3, -0.25) is 9.20 Å². The zero-order valence-electron chi connectivity index (χ0n) is 10.5. The lowest BCUT2D eigenvalue weighted by molar-refractivity contribution is 0.102. The number of aromatic nitrogens is 2. The number of aryl methyl sites for hydroxylation is 1. The molecule has 3 nitrogen and oxygen atoms in total. The van der Waals surface area contributed by atoms with Gasteiger partial charge in [-0.25, -0.2) is 4.98 Å². The summed E-state index contributed by atoms with van der Waals surface area (Å²) >= 11 is 4.86. The fraction of sp³-hybridized carbons (Fsp3) is 0.143. The van der Waals surface area contributed by atoms with Crippen molar-refractivity contribution in [2.75, 3.05) is 0 Å². The van der Waals surface area contributed by atoms with Gasteiger partial charge in [-0.05, 0) is 19.1 Å². The molecule has 0 amide bonds. The first-order valence-electron chi connectivity index (χ1n) is 5.81. The minimum atomic E-state index is 0.0955. The molecule has 0 bridgehead atoms. The highest BCUT2D eigenvalue weighted by atomic mass is 79.9. The monoisotopic (exact) mass is 334 g/mol. The summed E-state index contributed by atoms with van der Waals surface area (Å²) in [6.07, 6.45) is 1.98. The van der Waals surface area contributed by atoms with E-state index in [9.17, 15) is 4.79 Å². The SMILES string of the molecule is CC(=O)c1sc2nc(-c3ccc(Br)cc3)cn2c1C. The number of Topliss-reactive ketones (excluding diaryl/α,β-unsaturated/α-hetero) is 1. The van der Waals surface area contributed by atoms with Crippen molar-refractivity contribution in [1.29, 1.82) is 0 Å². The molecule has 3 rings (SSSR count). The summed E-state index contributed by atoms with van der Waals surface area (Å²) in [4.78, 5) is 17.7. The quantitative estimate of drug-likeness (QED) is 0.653. The second kappa shape index (κ2) is 4.58. The van der Waals surface area contributed by atoms with Gasteiger partial charge in [0.2, 0.25) is 0 Å². The molecule has 0 spiro atoms. The van der Waals surface area contributed by atoms with E-state index in [0.717, 1.165) is 31.3 Å². The molecule has 0 aliphatic carbocycles. The Bertz CT molecular complexity index is 771. The fourth-order valence-electron chi connectivity index (χ4n) is 2.04. The van der Waals surface area contributed by atoms with Crippen LogP contribution in [-0.2, 0) is 0 Å². The van der Waals surface area contributed by atoms with E-state index in [0.29, 0.717) is 0 Å². The predicted octanol–water partition coefficient (Wildman–Crippen LogP) is 4.34. The molecule has 0 saturated carbocycles. The summed E-state index contributed by atoms with van der Waals surface area (Å²) in [5, 5.41) is 0.